The third kappa shape index (κ3) is 3.09. The van der Waals surface area contributed by atoms with Crippen LogP contribution in [0.2, 0.25) is 8.67 Å². The molecule has 1 heterocycles. The SMILES string of the molecule is O=C(O)C(Cc1cc(Cl)sc1Cl)C(=O)O. The average molecular weight is 269 g/mol. The fraction of sp³-hybridized carbons (Fsp3) is 0.250. The van der Waals surface area contributed by atoms with Crippen molar-refractivity contribution < 1.29 is 19.8 Å². The van der Waals surface area contributed by atoms with Gasteiger partial charge in [0.2, 0.25) is 0 Å². The van der Waals surface area contributed by atoms with Gasteiger partial charge in [-0.3, -0.25) is 9.59 Å². The molecule has 1 rings (SSSR count). The van der Waals surface area contributed by atoms with E-state index in [0.717, 1.165) is 11.3 Å². The lowest BCUT2D eigenvalue weighted by molar-refractivity contribution is -0.154. The monoisotopic (exact) mass is 268 g/mol. The van der Waals surface area contributed by atoms with Crippen LogP contribution >= 0.6 is 34.5 Å². The number of carboxylic acids is 2. The van der Waals surface area contributed by atoms with Crippen molar-refractivity contribution in [3.8, 4) is 0 Å². The van der Waals surface area contributed by atoms with Crippen molar-refractivity contribution in [3.05, 3.63) is 20.3 Å². The Bertz CT molecular complexity index is 387. The Hall–Kier alpha value is -0.780. The maximum atomic E-state index is 10.6. The Labute approximate surface area is 99.0 Å². The molecule has 0 saturated heterocycles. The number of carbonyl (C=O) groups is 2. The highest BCUT2D eigenvalue weighted by Gasteiger charge is 2.27. The highest BCUT2D eigenvalue weighted by molar-refractivity contribution is 7.20. The summed E-state index contributed by atoms with van der Waals surface area (Å²) in [4.78, 5) is 21.2. The first-order chi connectivity index (χ1) is 6.91. The second-order valence-corrected chi connectivity index (χ2v) is 5.07. The third-order valence-electron chi connectivity index (χ3n) is 1.75. The highest BCUT2D eigenvalue weighted by Crippen LogP contribution is 2.32. The van der Waals surface area contributed by atoms with E-state index in [4.69, 9.17) is 33.4 Å². The predicted octanol–water partition coefficient (Wildman–Crippen LogP) is 2.38. The minimum atomic E-state index is -1.49. The first kappa shape index (κ1) is 12.3. The molecule has 0 amide bonds. The molecule has 0 bridgehead atoms. The van der Waals surface area contributed by atoms with Gasteiger partial charge in [-0.25, -0.2) is 0 Å². The molecular weight excluding hydrogens is 263 g/mol. The number of carboxylic acid groups (broad SMARTS) is 2. The molecule has 2 N–H and O–H groups in total. The number of aliphatic carboxylic acids is 2. The number of hydrogen-bond acceptors (Lipinski definition) is 3. The van der Waals surface area contributed by atoms with Crippen LogP contribution in [0.15, 0.2) is 6.07 Å². The van der Waals surface area contributed by atoms with Crippen LogP contribution in [0, 0.1) is 5.92 Å². The zero-order valence-corrected chi connectivity index (χ0v) is 9.57. The maximum absolute atomic E-state index is 10.6. The predicted molar refractivity (Wildman–Crippen MR) is 56.8 cm³/mol. The summed E-state index contributed by atoms with van der Waals surface area (Å²) in [5, 5.41) is 17.3. The topological polar surface area (TPSA) is 74.6 Å². The Morgan fingerprint density at radius 2 is 1.87 bits per heavy atom. The van der Waals surface area contributed by atoms with Crippen molar-refractivity contribution >= 4 is 46.5 Å². The first-order valence-corrected chi connectivity index (χ1v) is 5.38. The summed E-state index contributed by atoms with van der Waals surface area (Å²) in [6.45, 7) is 0. The molecule has 0 atom stereocenters. The summed E-state index contributed by atoms with van der Waals surface area (Å²) >= 11 is 12.5. The molecular formula is C8H6Cl2O4S. The van der Waals surface area contributed by atoms with Crippen LogP contribution < -0.4 is 0 Å². The van der Waals surface area contributed by atoms with Gasteiger partial charge in [0.15, 0.2) is 5.92 Å². The minimum Gasteiger partial charge on any atom is -0.481 e. The van der Waals surface area contributed by atoms with E-state index in [1.807, 2.05) is 0 Å². The quantitative estimate of drug-likeness (QED) is 0.823. The van der Waals surface area contributed by atoms with E-state index in [1.54, 1.807) is 0 Å². The van der Waals surface area contributed by atoms with Crippen LogP contribution in [0.3, 0.4) is 0 Å². The number of thiophene rings is 1. The molecule has 4 nitrogen and oxygen atoms in total. The largest absolute Gasteiger partial charge is 0.481 e. The molecule has 0 spiro atoms. The van der Waals surface area contributed by atoms with Gasteiger partial charge in [0.25, 0.3) is 0 Å². The molecule has 1 aromatic heterocycles. The third-order valence-corrected chi connectivity index (χ3v) is 3.32. The number of halogens is 2. The van der Waals surface area contributed by atoms with Crippen LogP contribution in [0.1, 0.15) is 5.56 Å². The Kier molecular flexibility index (Phi) is 3.96. The lowest BCUT2D eigenvalue weighted by Gasteiger charge is -2.05. The smallest absolute Gasteiger partial charge is 0.318 e. The summed E-state index contributed by atoms with van der Waals surface area (Å²) in [5.74, 6) is -4.27. The van der Waals surface area contributed by atoms with Crippen LogP contribution in [-0.2, 0) is 16.0 Å². The molecule has 0 unspecified atom stereocenters. The average Bonchev–Trinajstić information content (AvgIpc) is 2.39. The van der Waals surface area contributed by atoms with Crippen LogP contribution in [0.5, 0.6) is 0 Å². The normalized spacial score (nSPS) is 10.6. The number of hydrogen-bond donors (Lipinski definition) is 2. The molecule has 0 saturated carbocycles. The first-order valence-electron chi connectivity index (χ1n) is 3.81. The van der Waals surface area contributed by atoms with E-state index in [-0.39, 0.29) is 6.42 Å². The van der Waals surface area contributed by atoms with Crippen LogP contribution in [-0.4, -0.2) is 22.2 Å². The zero-order chi connectivity index (χ0) is 11.6. The fourth-order valence-corrected chi connectivity index (χ4v) is 2.52. The summed E-state index contributed by atoms with van der Waals surface area (Å²) in [7, 11) is 0. The Morgan fingerprint density at radius 3 is 2.20 bits per heavy atom. The van der Waals surface area contributed by atoms with Crippen LogP contribution in [0.4, 0.5) is 0 Å². The molecule has 15 heavy (non-hydrogen) atoms. The summed E-state index contributed by atoms with van der Waals surface area (Å²) < 4.78 is 0.733. The molecule has 0 aliphatic heterocycles. The Morgan fingerprint density at radius 1 is 1.33 bits per heavy atom. The van der Waals surface area contributed by atoms with Crippen molar-refractivity contribution in [3.63, 3.8) is 0 Å². The molecule has 82 valence electrons. The summed E-state index contributed by atoms with van der Waals surface area (Å²) in [5.41, 5.74) is 0.446. The summed E-state index contributed by atoms with van der Waals surface area (Å²) in [6.07, 6.45) is -0.160. The van der Waals surface area contributed by atoms with E-state index in [1.165, 1.54) is 6.07 Å². The fourth-order valence-electron chi connectivity index (χ4n) is 1.01. The summed E-state index contributed by atoms with van der Waals surface area (Å²) in [6, 6.07) is 1.48. The molecule has 1 aromatic rings. The Balaban J connectivity index is 2.88. The van der Waals surface area contributed by atoms with Gasteiger partial charge in [0, 0.05) is 0 Å². The lowest BCUT2D eigenvalue weighted by Crippen LogP contribution is -2.25. The van der Waals surface area contributed by atoms with Crippen molar-refractivity contribution in [1.29, 1.82) is 0 Å². The standard InChI is InChI=1S/C8H6Cl2O4S/c9-5-2-3(6(10)15-5)1-4(7(11)12)8(13)14/h2,4H,1H2,(H,11,12)(H,13,14). The van der Waals surface area contributed by atoms with Crippen molar-refractivity contribution in [1.82, 2.24) is 0 Å². The van der Waals surface area contributed by atoms with E-state index in [9.17, 15) is 9.59 Å². The molecule has 0 aromatic carbocycles. The van der Waals surface area contributed by atoms with Gasteiger partial charge in [-0.15, -0.1) is 11.3 Å². The molecule has 0 aliphatic carbocycles. The van der Waals surface area contributed by atoms with E-state index >= 15 is 0 Å². The van der Waals surface area contributed by atoms with Gasteiger partial charge in [0.1, 0.15) is 0 Å². The second-order valence-electron chi connectivity index (χ2n) is 2.78. The highest BCUT2D eigenvalue weighted by atomic mass is 35.5. The van der Waals surface area contributed by atoms with Gasteiger partial charge >= 0.3 is 11.9 Å². The van der Waals surface area contributed by atoms with E-state index in [0.29, 0.717) is 14.2 Å². The van der Waals surface area contributed by atoms with Crippen molar-refractivity contribution in [2.75, 3.05) is 0 Å². The zero-order valence-electron chi connectivity index (χ0n) is 7.24. The van der Waals surface area contributed by atoms with Gasteiger partial charge in [0.05, 0.1) is 8.67 Å². The maximum Gasteiger partial charge on any atom is 0.318 e. The lowest BCUT2D eigenvalue weighted by atomic mass is 10.0. The minimum absolute atomic E-state index is 0.160. The second kappa shape index (κ2) is 4.83. The molecule has 0 aliphatic rings. The van der Waals surface area contributed by atoms with E-state index < -0.39 is 17.9 Å². The molecule has 0 radical (unpaired) electrons. The van der Waals surface area contributed by atoms with Gasteiger partial charge < -0.3 is 10.2 Å². The van der Waals surface area contributed by atoms with Gasteiger partial charge in [-0.1, -0.05) is 23.2 Å². The van der Waals surface area contributed by atoms with E-state index in [2.05, 4.69) is 0 Å². The number of rotatable bonds is 4. The van der Waals surface area contributed by atoms with Gasteiger partial charge in [-0.2, -0.15) is 0 Å². The van der Waals surface area contributed by atoms with Crippen molar-refractivity contribution in [2.24, 2.45) is 5.92 Å². The van der Waals surface area contributed by atoms with Gasteiger partial charge in [-0.05, 0) is 18.1 Å². The van der Waals surface area contributed by atoms with Crippen molar-refractivity contribution in [2.45, 2.75) is 6.42 Å². The molecule has 0 fully saturated rings. The van der Waals surface area contributed by atoms with Crippen LogP contribution in [0.25, 0.3) is 0 Å². The molecule has 7 heteroatoms.